The Balaban J connectivity index is 1.77. The van der Waals surface area contributed by atoms with Crippen LogP contribution < -0.4 is 15.0 Å². The lowest BCUT2D eigenvalue weighted by atomic mass is 9.96. The quantitative estimate of drug-likeness (QED) is 0.495. The first kappa shape index (κ1) is 18.3. The summed E-state index contributed by atoms with van der Waals surface area (Å²) < 4.78 is 5.47. The monoisotopic (exact) mass is 382 g/mol. The van der Waals surface area contributed by atoms with Crippen molar-refractivity contribution in [1.29, 1.82) is 0 Å². The number of phenolic OH excluding ortho intramolecular Hbond substituents is 1. The number of H-pyrrole nitrogens is 1. The Kier molecular flexibility index (Phi) is 5.26. The minimum Gasteiger partial charge on any atom is -0.505 e. The van der Waals surface area contributed by atoms with Gasteiger partial charge in [-0.3, -0.25) is 10.3 Å². The lowest BCUT2D eigenvalue weighted by Crippen LogP contribution is -2.18. The van der Waals surface area contributed by atoms with E-state index in [0.717, 1.165) is 22.3 Å². The van der Waals surface area contributed by atoms with Crippen molar-refractivity contribution in [1.82, 2.24) is 4.98 Å². The van der Waals surface area contributed by atoms with Crippen molar-refractivity contribution >= 4 is 16.7 Å². The molecule has 0 spiro atoms. The van der Waals surface area contributed by atoms with Crippen LogP contribution in [0.15, 0.2) is 79.1 Å². The van der Waals surface area contributed by atoms with Gasteiger partial charge in [-0.2, -0.15) is 0 Å². The predicted molar refractivity (Wildman–Crippen MR) is 113 cm³/mol. The molecule has 0 fully saturated rings. The number of nitrogens with one attached hydrogen (secondary N) is 2. The van der Waals surface area contributed by atoms with Crippen molar-refractivity contribution in [2.45, 2.75) is 6.04 Å². The smallest absolute Gasteiger partial charge is 0.272 e. The number of aromatic amines is 1. The van der Waals surface area contributed by atoms with E-state index in [-0.39, 0.29) is 18.4 Å². The zero-order chi connectivity index (χ0) is 20.1. The number of ether oxygens (including phenoxy) is 1. The van der Waals surface area contributed by atoms with Gasteiger partial charge in [-0.1, -0.05) is 36.3 Å². The molecule has 0 unspecified atom stereocenters. The first-order chi connectivity index (χ1) is 14.3. The molecule has 0 aliphatic carbocycles. The van der Waals surface area contributed by atoms with Crippen molar-refractivity contribution in [3.05, 3.63) is 90.3 Å². The van der Waals surface area contributed by atoms with Gasteiger partial charge in [0.15, 0.2) is 0 Å². The standard InChI is InChI=1S/C24H19N3O2/c1-2-16-29-19-11-8-18(9-12-19)22(27-21-7-3-4-14-25-21)20-13-10-17-6-5-15-26-23(17)24(20)28/h1,3-15,22,28H,16H2,(H,25,27)/p+1/t22-/m0/s1. The zero-order valence-corrected chi connectivity index (χ0v) is 15.7. The van der Waals surface area contributed by atoms with Crippen LogP contribution in [-0.4, -0.2) is 16.7 Å². The van der Waals surface area contributed by atoms with Crippen LogP contribution in [0.5, 0.6) is 11.5 Å². The molecule has 0 saturated carbocycles. The molecule has 0 aliphatic heterocycles. The molecule has 1 atom stereocenters. The van der Waals surface area contributed by atoms with E-state index in [1.165, 1.54) is 0 Å². The first-order valence-electron chi connectivity index (χ1n) is 9.22. The van der Waals surface area contributed by atoms with Crippen LogP contribution in [-0.2, 0) is 0 Å². The summed E-state index contributed by atoms with van der Waals surface area (Å²) in [7, 11) is 0. The molecule has 0 amide bonds. The van der Waals surface area contributed by atoms with E-state index in [0.29, 0.717) is 11.3 Å². The number of pyridine rings is 2. The summed E-state index contributed by atoms with van der Waals surface area (Å²) in [5.74, 6) is 4.13. The summed E-state index contributed by atoms with van der Waals surface area (Å²) in [5.41, 5.74) is 2.26. The normalized spacial score (nSPS) is 11.6. The van der Waals surface area contributed by atoms with E-state index in [1.54, 1.807) is 6.20 Å². The third-order valence-corrected chi connectivity index (χ3v) is 4.63. The number of phenols is 1. The van der Waals surface area contributed by atoms with E-state index >= 15 is 0 Å². The molecule has 29 heavy (non-hydrogen) atoms. The molecule has 0 radical (unpaired) electrons. The fourth-order valence-electron chi connectivity index (χ4n) is 3.24. The molecule has 5 heteroatoms. The van der Waals surface area contributed by atoms with Crippen LogP contribution in [0.2, 0.25) is 0 Å². The third kappa shape index (κ3) is 3.97. The topological polar surface area (TPSA) is 68.5 Å². The van der Waals surface area contributed by atoms with Crippen molar-refractivity contribution < 1.29 is 14.8 Å². The molecule has 0 bridgehead atoms. The highest BCUT2D eigenvalue weighted by Crippen LogP contribution is 2.36. The second-order valence-electron chi connectivity index (χ2n) is 6.49. The molecule has 2 aromatic carbocycles. The molecule has 0 saturated heterocycles. The number of anilines is 1. The molecular formula is C24H20N3O2+. The maximum Gasteiger partial charge on any atom is 0.272 e. The molecule has 2 aromatic heterocycles. The summed E-state index contributed by atoms with van der Waals surface area (Å²) in [4.78, 5) is 7.53. The number of nitrogens with zero attached hydrogens (tertiary/aromatic N) is 1. The molecule has 142 valence electrons. The van der Waals surface area contributed by atoms with E-state index in [4.69, 9.17) is 11.2 Å². The minimum atomic E-state index is -0.304. The van der Waals surface area contributed by atoms with Gasteiger partial charge in [-0.05, 0) is 30.3 Å². The highest BCUT2D eigenvalue weighted by Gasteiger charge is 2.24. The lowest BCUT2D eigenvalue weighted by molar-refractivity contribution is -0.361. The van der Waals surface area contributed by atoms with Gasteiger partial charge in [-0.25, -0.2) is 4.98 Å². The maximum atomic E-state index is 11.0. The summed E-state index contributed by atoms with van der Waals surface area (Å²) in [5, 5.41) is 15.3. The van der Waals surface area contributed by atoms with Gasteiger partial charge in [0.05, 0.1) is 6.20 Å². The van der Waals surface area contributed by atoms with Crippen molar-refractivity contribution in [2.24, 2.45) is 0 Å². The Morgan fingerprint density at radius 3 is 2.69 bits per heavy atom. The molecule has 3 N–H and O–H groups in total. The summed E-state index contributed by atoms with van der Waals surface area (Å²) in [6, 6.07) is 20.8. The number of fused-ring (bicyclic) bond motifs is 1. The average molecular weight is 382 g/mol. The molecule has 4 rings (SSSR count). The van der Waals surface area contributed by atoms with E-state index in [9.17, 15) is 5.11 Å². The van der Waals surface area contributed by atoms with Gasteiger partial charge in [0, 0.05) is 28.8 Å². The average Bonchev–Trinajstić information content (AvgIpc) is 2.78. The van der Waals surface area contributed by atoms with Crippen LogP contribution in [0.4, 0.5) is 5.82 Å². The summed E-state index contributed by atoms with van der Waals surface area (Å²) in [6.45, 7) is 0.219. The Hall–Kier alpha value is -4.04. The number of hydrogen-bond donors (Lipinski definition) is 2. The van der Waals surface area contributed by atoms with Gasteiger partial charge < -0.3 is 9.84 Å². The second-order valence-corrected chi connectivity index (χ2v) is 6.49. The number of hydrogen-bond acceptors (Lipinski definition) is 4. The zero-order valence-electron chi connectivity index (χ0n) is 15.7. The summed E-state index contributed by atoms with van der Waals surface area (Å²) >= 11 is 0. The van der Waals surface area contributed by atoms with Gasteiger partial charge in [0.25, 0.3) is 5.82 Å². The fraction of sp³-hybridized carbons (Fsp3) is 0.0833. The van der Waals surface area contributed by atoms with Crippen LogP contribution in [0.25, 0.3) is 10.9 Å². The van der Waals surface area contributed by atoms with Crippen LogP contribution in [0.3, 0.4) is 0 Å². The number of aromatic hydroxyl groups is 1. The Labute approximate surface area is 169 Å². The van der Waals surface area contributed by atoms with Crippen molar-refractivity contribution in [2.75, 3.05) is 11.9 Å². The Morgan fingerprint density at radius 2 is 1.93 bits per heavy atom. The lowest BCUT2D eigenvalue weighted by Gasteiger charge is -2.18. The number of terminal acetylenes is 1. The fourth-order valence-corrected chi connectivity index (χ4v) is 3.24. The van der Waals surface area contributed by atoms with Gasteiger partial charge in [0.2, 0.25) is 0 Å². The molecule has 0 aliphatic rings. The first-order valence-corrected chi connectivity index (χ1v) is 9.22. The van der Waals surface area contributed by atoms with Crippen LogP contribution in [0.1, 0.15) is 17.2 Å². The van der Waals surface area contributed by atoms with Crippen LogP contribution >= 0.6 is 0 Å². The van der Waals surface area contributed by atoms with Gasteiger partial charge >= 0.3 is 0 Å². The molecule has 2 heterocycles. The number of benzene rings is 2. The molecular weight excluding hydrogens is 362 g/mol. The second kappa shape index (κ2) is 8.32. The highest BCUT2D eigenvalue weighted by atomic mass is 16.5. The van der Waals surface area contributed by atoms with Gasteiger partial charge in [-0.15, -0.1) is 6.42 Å². The maximum absolute atomic E-state index is 11.0. The highest BCUT2D eigenvalue weighted by molar-refractivity contribution is 5.85. The minimum absolute atomic E-state index is 0.157. The Morgan fingerprint density at radius 1 is 1.07 bits per heavy atom. The van der Waals surface area contributed by atoms with E-state index < -0.39 is 0 Å². The number of aromatic nitrogens is 2. The van der Waals surface area contributed by atoms with Crippen molar-refractivity contribution in [3.8, 4) is 23.8 Å². The third-order valence-electron chi connectivity index (χ3n) is 4.63. The van der Waals surface area contributed by atoms with E-state index in [1.807, 2.05) is 72.9 Å². The largest absolute Gasteiger partial charge is 0.505 e. The molecule has 5 nitrogen and oxygen atoms in total. The van der Waals surface area contributed by atoms with Crippen LogP contribution in [0, 0.1) is 12.3 Å². The Bertz CT molecular complexity index is 1150. The molecule has 4 aromatic rings. The number of rotatable bonds is 6. The van der Waals surface area contributed by atoms with Crippen molar-refractivity contribution in [3.63, 3.8) is 0 Å². The predicted octanol–water partition coefficient (Wildman–Crippen LogP) is 3.97. The van der Waals surface area contributed by atoms with Gasteiger partial charge in [0.1, 0.15) is 29.7 Å². The SMILES string of the molecule is C#CCOc1ccc([C@H](Nc2cccc[nH+]2)c2ccc3cccnc3c2O)cc1. The van der Waals surface area contributed by atoms with E-state index in [2.05, 4.69) is 21.2 Å². The summed E-state index contributed by atoms with van der Waals surface area (Å²) in [6.07, 6.45) is 8.78.